The molecule has 0 radical (unpaired) electrons. The summed E-state index contributed by atoms with van der Waals surface area (Å²) in [4.78, 5) is 42.3. The van der Waals surface area contributed by atoms with Crippen LogP contribution in [0.2, 0.25) is 0 Å². The maximum absolute atomic E-state index is 13.3. The number of carbonyl (C=O) groups excluding carboxylic acids is 3. The van der Waals surface area contributed by atoms with Crippen molar-refractivity contribution in [1.29, 1.82) is 0 Å². The summed E-state index contributed by atoms with van der Waals surface area (Å²) in [6.45, 7) is 1.58. The van der Waals surface area contributed by atoms with Crippen LogP contribution in [-0.4, -0.2) is 39.7 Å². The van der Waals surface area contributed by atoms with Crippen LogP contribution >= 0.6 is 11.3 Å². The van der Waals surface area contributed by atoms with Crippen LogP contribution in [0.4, 0.5) is 5.00 Å². The molecule has 0 aliphatic rings. The van der Waals surface area contributed by atoms with Gasteiger partial charge >= 0.3 is 5.97 Å². The number of amides is 2. The topological polar surface area (TPSA) is 129 Å². The highest BCUT2D eigenvalue weighted by Crippen LogP contribution is 2.34. The Morgan fingerprint density at radius 3 is 2.62 bits per heavy atom. The molecule has 0 aliphatic heterocycles. The Balaban J connectivity index is 1.82. The molecular weight excluding hydrogens is 430 g/mol. The number of rotatable bonds is 5. The third-order valence-electron chi connectivity index (χ3n) is 4.95. The summed E-state index contributed by atoms with van der Waals surface area (Å²) in [5.41, 5.74) is 8.22. The van der Waals surface area contributed by atoms with Crippen molar-refractivity contribution < 1.29 is 19.1 Å². The molecule has 0 fully saturated rings. The van der Waals surface area contributed by atoms with Gasteiger partial charge < -0.3 is 15.8 Å². The van der Waals surface area contributed by atoms with Gasteiger partial charge in [0, 0.05) is 24.2 Å². The molecule has 4 aromatic rings. The third kappa shape index (κ3) is 3.71. The second-order valence-corrected chi connectivity index (χ2v) is 8.07. The Labute approximate surface area is 186 Å². The number of para-hydroxylation sites is 1. The highest BCUT2D eigenvalue weighted by Gasteiger charge is 2.26. The maximum atomic E-state index is 13.3. The van der Waals surface area contributed by atoms with Crippen molar-refractivity contribution >= 4 is 45.0 Å². The van der Waals surface area contributed by atoms with Gasteiger partial charge in [-0.25, -0.2) is 9.78 Å². The predicted octanol–water partition coefficient (Wildman–Crippen LogP) is 3.14. The molecule has 10 heteroatoms. The first-order chi connectivity index (χ1) is 15.3. The van der Waals surface area contributed by atoms with Crippen LogP contribution < -0.4 is 11.1 Å². The zero-order valence-electron chi connectivity index (χ0n) is 17.5. The van der Waals surface area contributed by atoms with Crippen molar-refractivity contribution in [2.24, 2.45) is 12.8 Å². The van der Waals surface area contributed by atoms with E-state index in [1.54, 1.807) is 43.2 Å². The number of ether oxygens (including phenoxy) is 1. The van der Waals surface area contributed by atoms with E-state index in [0.29, 0.717) is 27.7 Å². The van der Waals surface area contributed by atoms with Crippen molar-refractivity contribution in [3.05, 3.63) is 64.3 Å². The number of hydrogen-bond acceptors (Lipinski definition) is 7. The van der Waals surface area contributed by atoms with E-state index in [0.717, 1.165) is 16.9 Å². The predicted molar refractivity (Wildman–Crippen MR) is 121 cm³/mol. The lowest BCUT2D eigenvalue weighted by Gasteiger charge is -2.10. The monoisotopic (exact) mass is 449 g/mol. The van der Waals surface area contributed by atoms with Gasteiger partial charge in [-0.15, -0.1) is 11.3 Å². The number of aryl methyl sites for hydroxylation is 1. The fourth-order valence-corrected chi connectivity index (χ4v) is 4.46. The quantitative estimate of drug-likeness (QED) is 0.450. The molecule has 0 atom stereocenters. The molecule has 162 valence electrons. The number of esters is 1. The summed E-state index contributed by atoms with van der Waals surface area (Å²) < 4.78 is 6.48. The van der Waals surface area contributed by atoms with E-state index in [9.17, 15) is 14.4 Å². The number of primary amides is 1. The lowest BCUT2D eigenvalue weighted by atomic mass is 10.0. The Bertz CT molecular complexity index is 1390. The minimum absolute atomic E-state index is 0.102. The Hall–Kier alpha value is -4.05. The largest absolute Gasteiger partial charge is 0.465 e. The first kappa shape index (κ1) is 21.2. The standard InChI is InChI=1S/C22H19N5O4S/c1-11-17(22(30)31-3)21(32-18(11)19(23)28)26-20(29)14-8-16(12-9-24-27(2)10-12)25-15-7-5-4-6-13(14)15/h4-10H,1-3H3,(H2,23,28)(H,26,29). The fraction of sp³-hybridized carbons (Fsp3) is 0.136. The van der Waals surface area contributed by atoms with E-state index in [-0.39, 0.29) is 15.4 Å². The van der Waals surface area contributed by atoms with Crippen LogP contribution in [0.3, 0.4) is 0 Å². The second-order valence-electron chi connectivity index (χ2n) is 7.05. The molecule has 0 unspecified atom stereocenters. The minimum atomic E-state index is -0.689. The molecule has 32 heavy (non-hydrogen) atoms. The molecule has 3 heterocycles. The van der Waals surface area contributed by atoms with Crippen molar-refractivity contribution in [2.45, 2.75) is 6.92 Å². The molecule has 0 saturated heterocycles. The molecule has 3 N–H and O–H groups in total. The van der Waals surface area contributed by atoms with E-state index in [1.807, 2.05) is 18.2 Å². The van der Waals surface area contributed by atoms with Gasteiger partial charge in [0.25, 0.3) is 11.8 Å². The average Bonchev–Trinajstić information content (AvgIpc) is 3.35. The number of benzene rings is 1. The van der Waals surface area contributed by atoms with Gasteiger partial charge in [0.05, 0.1) is 40.5 Å². The third-order valence-corrected chi connectivity index (χ3v) is 6.17. The van der Waals surface area contributed by atoms with Gasteiger partial charge in [-0.2, -0.15) is 5.10 Å². The van der Waals surface area contributed by atoms with E-state index in [2.05, 4.69) is 15.4 Å². The van der Waals surface area contributed by atoms with Crippen LogP contribution in [0.5, 0.6) is 0 Å². The minimum Gasteiger partial charge on any atom is -0.465 e. The van der Waals surface area contributed by atoms with Gasteiger partial charge in [0.2, 0.25) is 0 Å². The van der Waals surface area contributed by atoms with Gasteiger partial charge in [0.1, 0.15) is 5.00 Å². The van der Waals surface area contributed by atoms with Crippen LogP contribution in [0.25, 0.3) is 22.2 Å². The summed E-state index contributed by atoms with van der Waals surface area (Å²) >= 11 is 0.934. The SMILES string of the molecule is COC(=O)c1c(NC(=O)c2cc(-c3cnn(C)c3)nc3ccccc23)sc(C(N)=O)c1C. The lowest BCUT2D eigenvalue weighted by Crippen LogP contribution is -2.15. The molecule has 0 saturated carbocycles. The smallest absolute Gasteiger partial charge is 0.341 e. The highest BCUT2D eigenvalue weighted by atomic mass is 32.1. The van der Waals surface area contributed by atoms with Crippen LogP contribution in [0.15, 0.2) is 42.7 Å². The fourth-order valence-electron chi connectivity index (χ4n) is 3.42. The first-order valence-electron chi connectivity index (χ1n) is 9.51. The second kappa shape index (κ2) is 8.23. The average molecular weight is 449 g/mol. The molecule has 9 nitrogen and oxygen atoms in total. The summed E-state index contributed by atoms with van der Waals surface area (Å²) in [7, 11) is 3.02. The lowest BCUT2D eigenvalue weighted by molar-refractivity contribution is 0.0601. The van der Waals surface area contributed by atoms with Crippen LogP contribution in [-0.2, 0) is 11.8 Å². The number of thiophene rings is 1. The summed E-state index contributed by atoms with van der Waals surface area (Å²) in [6, 6.07) is 8.92. The van der Waals surface area contributed by atoms with Gasteiger partial charge in [0.15, 0.2) is 0 Å². The number of fused-ring (bicyclic) bond motifs is 1. The van der Waals surface area contributed by atoms with Gasteiger partial charge in [-0.3, -0.25) is 14.3 Å². The number of hydrogen-bond donors (Lipinski definition) is 2. The number of pyridine rings is 1. The molecule has 3 aromatic heterocycles. The zero-order chi connectivity index (χ0) is 23.0. The van der Waals surface area contributed by atoms with Crippen LogP contribution in [0.1, 0.15) is 36.0 Å². The number of methoxy groups -OCH3 is 1. The van der Waals surface area contributed by atoms with Crippen molar-refractivity contribution in [1.82, 2.24) is 14.8 Å². The number of nitrogens with zero attached hydrogens (tertiary/aromatic N) is 3. The molecular formula is C22H19N5O4S. The zero-order valence-corrected chi connectivity index (χ0v) is 18.3. The van der Waals surface area contributed by atoms with Crippen molar-refractivity contribution in [3.63, 3.8) is 0 Å². The molecule has 2 amide bonds. The summed E-state index contributed by atoms with van der Waals surface area (Å²) in [5, 5.41) is 7.76. The first-order valence-corrected chi connectivity index (χ1v) is 10.3. The summed E-state index contributed by atoms with van der Waals surface area (Å²) in [6.07, 6.45) is 3.46. The van der Waals surface area contributed by atoms with E-state index in [1.165, 1.54) is 7.11 Å². The molecule has 0 spiro atoms. The summed E-state index contributed by atoms with van der Waals surface area (Å²) in [5.74, 6) is -1.82. The number of nitrogens with two attached hydrogens (primary N) is 1. The van der Waals surface area contributed by atoms with E-state index in [4.69, 9.17) is 10.5 Å². The molecule has 1 aromatic carbocycles. The van der Waals surface area contributed by atoms with E-state index >= 15 is 0 Å². The molecule has 0 bridgehead atoms. The normalized spacial score (nSPS) is 10.8. The molecule has 0 aliphatic carbocycles. The number of nitrogens with one attached hydrogen (secondary N) is 1. The number of aromatic nitrogens is 3. The molecule has 4 rings (SSSR count). The van der Waals surface area contributed by atoms with Crippen LogP contribution in [0, 0.1) is 6.92 Å². The Kier molecular flexibility index (Phi) is 5.45. The van der Waals surface area contributed by atoms with Gasteiger partial charge in [-0.1, -0.05) is 18.2 Å². The van der Waals surface area contributed by atoms with E-state index < -0.39 is 17.8 Å². The van der Waals surface area contributed by atoms with Gasteiger partial charge in [-0.05, 0) is 24.6 Å². The van der Waals surface area contributed by atoms with Crippen molar-refractivity contribution in [3.8, 4) is 11.3 Å². The Morgan fingerprint density at radius 2 is 1.97 bits per heavy atom. The number of anilines is 1. The Morgan fingerprint density at radius 1 is 1.22 bits per heavy atom. The number of carbonyl (C=O) groups is 3. The highest BCUT2D eigenvalue weighted by molar-refractivity contribution is 7.18. The van der Waals surface area contributed by atoms with Crippen molar-refractivity contribution in [2.75, 3.05) is 12.4 Å². The maximum Gasteiger partial charge on any atom is 0.341 e.